The molecule has 22 heavy (non-hydrogen) atoms. The lowest BCUT2D eigenvalue weighted by molar-refractivity contribution is -0.144. The van der Waals surface area contributed by atoms with Crippen molar-refractivity contribution in [2.45, 2.75) is 26.6 Å². The topological polar surface area (TPSA) is 102 Å². The number of alkyl halides is 3. The van der Waals surface area contributed by atoms with E-state index in [4.69, 9.17) is 5.73 Å². The van der Waals surface area contributed by atoms with Crippen molar-refractivity contribution < 1.29 is 22.8 Å². The molecule has 1 rings (SSSR count). The van der Waals surface area contributed by atoms with E-state index in [1.165, 1.54) is 6.92 Å². The molecule has 7 nitrogen and oxygen atoms in total. The van der Waals surface area contributed by atoms with Gasteiger partial charge in [0.1, 0.15) is 5.69 Å². The van der Waals surface area contributed by atoms with E-state index >= 15 is 0 Å². The maximum Gasteiger partial charge on any atom is 0.433 e. The summed E-state index contributed by atoms with van der Waals surface area (Å²) in [6, 6.07) is 0.146. The van der Waals surface area contributed by atoms with Gasteiger partial charge in [-0.15, -0.1) is 0 Å². The Balaban J connectivity index is 2.54. The van der Waals surface area contributed by atoms with Gasteiger partial charge in [0.2, 0.25) is 5.91 Å². The number of nitrogens with one attached hydrogen (secondary N) is 2. The van der Waals surface area contributed by atoms with Gasteiger partial charge in [0.05, 0.1) is 12.2 Å². The molecule has 0 saturated carbocycles. The smallest absolute Gasteiger partial charge is 0.354 e. The maximum atomic E-state index is 12.8. The molecule has 0 bridgehead atoms. The predicted molar refractivity (Wildman–Crippen MR) is 71.7 cm³/mol. The van der Waals surface area contributed by atoms with Crippen molar-refractivity contribution in [1.29, 1.82) is 0 Å². The number of halogens is 3. The van der Waals surface area contributed by atoms with Crippen molar-refractivity contribution in [3.05, 3.63) is 17.5 Å². The minimum absolute atomic E-state index is 0.00616. The van der Waals surface area contributed by atoms with Crippen LogP contribution in [0.25, 0.3) is 0 Å². The van der Waals surface area contributed by atoms with Crippen LogP contribution < -0.4 is 16.4 Å². The molecule has 1 atom stereocenters. The quantitative estimate of drug-likeness (QED) is 0.716. The molecule has 0 saturated heterocycles. The summed E-state index contributed by atoms with van der Waals surface area (Å²) >= 11 is 0. The van der Waals surface area contributed by atoms with Crippen molar-refractivity contribution in [2.75, 3.05) is 13.1 Å². The summed E-state index contributed by atoms with van der Waals surface area (Å²) in [4.78, 5) is 21.8. The maximum absolute atomic E-state index is 12.8. The van der Waals surface area contributed by atoms with Crippen LogP contribution in [-0.2, 0) is 17.5 Å². The second kappa shape index (κ2) is 7.14. The van der Waals surface area contributed by atoms with Crippen LogP contribution in [0.1, 0.15) is 18.3 Å². The monoisotopic (exact) mass is 321 g/mol. The summed E-state index contributed by atoms with van der Waals surface area (Å²) in [7, 11) is 0. The normalized spacial score (nSPS) is 12.8. The third-order valence-electron chi connectivity index (χ3n) is 2.75. The number of primary amides is 1. The Morgan fingerprint density at radius 1 is 1.41 bits per heavy atom. The highest BCUT2D eigenvalue weighted by atomic mass is 19.4. The molecule has 3 amide bonds. The van der Waals surface area contributed by atoms with Crippen LogP contribution in [-0.4, -0.2) is 34.8 Å². The zero-order valence-electron chi connectivity index (χ0n) is 12.2. The molecule has 0 fully saturated rings. The first-order valence-electron chi connectivity index (χ1n) is 6.51. The Morgan fingerprint density at radius 2 is 2.05 bits per heavy atom. The van der Waals surface area contributed by atoms with Crippen LogP contribution in [0.2, 0.25) is 0 Å². The first kappa shape index (κ1) is 17.8. The van der Waals surface area contributed by atoms with Crippen LogP contribution in [0.15, 0.2) is 6.07 Å². The average molecular weight is 321 g/mol. The number of nitrogens with zero attached hydrogens (tertiary/aromatic N) is 2. The minimum atomic E-state index is -4.48. The van der Waals surface area contributed by atoms with Crippen molar-refractivity contribution in [1.82, 2.24) is 20.4 Å². The van der Waals surface area contributed by atoms with E-state index in [-0.39, 0.29) is 31.2 Å². The van der Waals surface area contributed by atoms with Gasteiger partial charge in [0.15, 0.2) is 0 Å². The largest absolute Gasteiger partial charge is 0.433 e. The van der Waals surface area contributed by atoms with Crippen molar-refractivity contribution in [2.24, 2.45) is 11.7 Å². The molecule has 1 aromatic rings. The van der Waals surface area contributed by atoms with Gasteiger partial charge in [-0.05, 0) is 18.9 Å². The van der Waals surface area contributed by atoms with Crippen LogP contribution in [0.3, 0.4) is 0 Å². The van der Waals surface area contributed by atoms with Gasteiger partial charge < -0.3 is 16.4 Å². The first-order chi connectivity index (χ1) is 10.1. The van der Waals surface area contributed by atoms with E-state index in [2.05, 4.69) is 15.7 Å². The Kier molecular flexibility index (Phi) is 5.77. The van der Waals surface area contributed by atoms with Gasteiger partial charge in [-0.25, -0.2) is 4.79 Å². The highest BCUT2D eigenvalue weighted by Crippen LogP contribution is 2.30. The average Bonchev–Trinajstić information content (AvgIpc) is 2.74. The van der Waals surface area contributed by atoms with Gasteiger partial charge in [0.25, 0.3) is 0 Å². The number of aromatic nitrogens is 2. The van der Waals surface area contributed by atoms with Crippen LogP contribution >= 0.6 is 0 Å². The Bertz CT molecular complexity index is 541. The molecule has 0 spiro atoms. The molecular formula is C12H18F3N5O2. The van der Waals surface area contributed by atoms with Crippen LogP contribution in [0, 0.1) is 12.8 Å². The van der Waals surface area contributed by atoms with Crippen LogP contribution in [0.4, 0.5) is 18.0 Å². The third-order valence-corrected chi connectivity index (χ3v) is 2.75. The summed E-state index contributed by atoms with van der Waals surface area (Å²) in [5.41, 5.74) is 4.26. The lowest BCUT2D eigenvalue weighted by atomic mass is 10.2. The molecule has 1 aromatic heterocycles. The van der Waals surface area contributed by atoms with Gasteiger partial charge in [-0.3, -0.25) is 9.48 Å². The van der Waals surface area contributed by atoms with Gasteiger partial charge in [-0.2, -0.15) is 18.3 Å². The van der Waals surface area contributed by atoms with Gasteiger partial charge in [-0.1, -0.05) is 6.92 Å². The highest BCUT2D eigenvalue weighted by Gasteiger charge is 2.35. The second-order valence-electron chi connectivity index (χ2n) is 4.98. The number of carbonyl (C=O) groups excluding carboxylic acids is 2. The molecule has 0 aliphatic heterocycles. The highest BCUT2D eigenvalue weighted by molar-refractivity contribution is 5.83. The number of aryl methyl sites for hydroxylation is 1. The van der Waals surface area contributed by atoms with Crippen LogP contribution in [0.5, 0.6) is 0 Å². The number of amides is 3. The van der Waals surface area contributed by atoms with Crippen molar-refractivity contribution >= 4 is 11.9 Å². The minimum Gasteiger partial charge on any atom is -0.354 e. The lowest BCUT2D eigenvalue weighted by Crippen LogP contribution is -2.41. The fourth-order valence-electron chi connectivity index (χ4n) is 1.79. The van der Waals surface area contributed by atoms with E-state index in [1.54, 1.807) is 6.92 Å². The Hall–Kier alpha value is -2.26. The van der Waals surface area contributed by atoms with E-state index in [0.717, 1.165) is 10.7 Å². The molecule has 1 heterocycles. The third kappa shape index (κ3) is 5.62. The molecule has 4 N–H and O–H groups in total. The van der Waals surface area contributed by atoms with Crippen molar-refractivity contribution in [3.63, 3.8) is 0 Å². The summed E-state index contributed by atoms with van der Waals surface area (Å²) in [6.45, 7) is 3.03. The Morgan fingerprint density at radius 3 is 2.59 bits per heavy atom. The van der Waals surface area contributed by atoms with Gasteiger partial charge in [0, 0.05) is 13.1 Å². The molecule has 124 valence electrons. The standard InChI is InChI=1S/C12H18F3N5O2/c1-7(4-17-10(21)5-18-11(16)22)6-20-9(12(13,14)15)3-8(2)19-20/h3,7H,4-6H2,1-2H3,(H,17,21)(H3,16,18,22). The summed E-state index contributed by atoms with van der Waals surface area (Å²) in [6.07, 6.45) is -4.48. The first-order valence-corrected chi connectivity index (χ1v) is 6.51. The van der Waals surface area contributed by atoms with E-state index in [0.29, 0.717) is 0 Å². The van der Waals surface area contributed by atoms with Gasteiger partial charge >= 0.3 is 12.2 Å². The molecule has 10 heteroatoms. The van der Waals surface area contributed by atoms with E-state index < -0.39 is 23.8 Å². The zero-order valence-corrected chi connectivity index (χ0v) is 12.2. The number of hydrogen-bond acceptors (Lipinski definition) is 3. The molecule has 0 aromatic carbocycles. The van der Waals surface area contributed by atoms with E-state index in [9.17, 15) is 22.8 Å². The van der Waals surface area contributed by atoms with Crippen molar-refractivity contribution in [3.8, 4) is 0 Å². The summed E-state index contributed by atoms with van der Waals surface area (Å²) < 4.78 is 39.3. The number of nitrogens with two attached hydrogens (primary N) is 1. The lowest BCUT2D eigenvalue weighted by Gasteiger charge is -2.16. The SMILES string of the molecule is Cc1cc(C(F)(F)F)n(CC(C)CNC(=O)CNC(N)=O)n1. The number of carbonyl (C=O) groups is 2. The fourth-order valence-corrected chi connectivity index (χ4v) is 1.79. The fraction of sp³-hybridized carbons (Fsp3) is 0.583. The number of rotatable bonds is 6. The number of hydrogen-bond donors (Lipinski definition) is 3. The summed E-state index contributed by atoms with van der Waals surface area (Å²) in [5, 5.41) is 8.42. The molecule has 1 unspecified atom stereocenters. The van der Waals surface area contributed by atoms with E-state index in [1.807, 2.05) is 0 Å². The Labute approximate surface area is 125 Å². The zero-order chi connectivity index (χ0) is 16.9. The molecule has 0 aliphatic carbocycles. The molecule has 0 radical (unpaired) electrons. The summed E-state index contributed by atoms with van der Waals surface area (Å²) in [5.74, 6) is -0.753. The second-order valence-corrected chi connectivity index (χ2v) is 4.98. The predicted octanol–water partition coefficient (Wildman–Crippen LogP) is 0.631. The number of urea groups is 1. The molecular weight excluding hydrogens is 303 g/mol. The molecule has 0 aliphatic rings.